The van der Waals surface area contributed by atoms with Crippen LogP contribution in [-0.4, -0.2) is 24.2 Å². The van der Waals surface area contributed by atoms with Gasteiger partial charge in [-0.25, -0.2) is 0 Å². The van der Waals surface area contributed by atoms with Gasteiger partial charge >= 0.3 is 0 Å². The summed E-state index contributed by atoms with van der Waals surface area (Å²) in [5.74, 6) is 0.379. The summed E-state index contributed by atoms with van der Waals surface area (Å²) in [6, 6.07) is 12.6. The first-order valence-corrected chi connectivity index (χ1v) is 7.43. The number of hydrogen-bond acceptors (Lipinski definition) is 3. The summed E-state index contributed by atoms with van der Waals surface area (Å²) in [6.45, 7) is 0.936. The number of hydrogen-bond donors (Lipinski definition) is 2. The fourth-order valence-corrected chi connectivity index (χ4v) is 2.54. The second kappa shape index (κ2) is 5.87. The smallest absolute Gasteiger partial charge is 0.255 e. The van der Waals surface area contributed by atoms with Gasteiger partial charge < -0.3 is 15.2 Å². The number of ether oxygens (including phenoxy) is 1. The van der Waals surface area contributed by atoms with Crippen LogP contribution < -0.4 is 10.1 Å². The molecule has 1 atom stereocenters. The summed E-state index contributed by atoms with van der Waals surface area (Å²) in [7, 11) is 0. The fourth-order valence-electron chi connectivity index (χ4n) is 2.28. The lowest BCUT2D eigenvalue weighted by atomic mass is 9.99. The largest absolute Gasteiger partial charge is 0.491 e. The molecular formula is C16H14BrNO3. The van der Waals surface area contributed by atoms with E-state index in [9.17, 15) is 9.90 Å². The van der Waals surface area contributed by atoms with Gasteiger partial charge in [-0.1, -0.05) is 34.1 Å². The molecule has 0 saturated heterocycles. The van der Waals surface area contributed by atoms with Crippen molar-refractivity contribution in [3.63, 3.8) is 0 Å². The normalized spacial score (nSPS) is 15.4. The molecule has 0 bridgehead atoms. The summed E-state index contributed by atoms with van der Waals surface area (Å²) in [5, 5.41) is 13.2. The number of carbonyl (C=O) groups excluding carboxylic acids is 1. The molecule has 2 aromatic carbocycles. The van der Waals surface area contributed by atoms with Crippen molar-refractivity contribution in [2.24, 2.45) is 0 Å². The van der Waals surface area contributed by atoms with Crippen LogP contribution >= 0.6 is 15.9 Å². The summed E-state index contributed by atoms with van der Waals surface area (Å²) < 4.78 is 6.46. The maximum absolute atomic E-state index is 12.0. The SMILES string of the molecule is O=C1NCCOc2ccc(C(O)c3ccc(Br)cc3)cc21. The van der Waals surface area contributed by atoms with E-state index in [1.54, 1.807) is 18.2 Å². The van der Waals surface area contributed by atoms with E-state index < -0.39 is 6.10 Å². The first-order chi connectivity index (χ1) is 10.1. The number of aliphatic hydroxyl groups is 1. The molecule has 3 rings (SSSR count). The Kier molecular flexibility index (Phi) is 3.94. The zero-order chi connectivity index (χ0) is 14.8. The highest BCUT2D eigenvalue weighted by Crippen LogP contribution is 2.28. The van der Waals surface area contributed by atoms with Gasteiger partial charge in [-0.15, -0.1) is 0 Å². The molecule has 1 aliphatic heterocycles. The molecule has 0 spiro atoms. The minimum absolute atomic E-state index is 0.174. The number of amides is 1. The van der Waals surface area contributed by atoms with Crippen LogP contribution in [0.4, 0.5) is 0 Å². The predicted octanol–water partition coefficient (Wildman–Crippen LogP) is 2.65. The number of benzene rings is 2. The average molecular weight is 348 g/mol. The molecule has 1 heterocycles. The standard InChI is InChI=1S/C16H14BrNO3/c17-12-4-1-10(2-5-12)15(19)11-3-6-14-13(9-11)16(20)18-7-8-21-14/h1-6,9,15,19H,7-8H2,(H,18,20). The molecule has 5 heteroatoms. The van der Waals surface area contributed by atoms with E-state index >= 15 is 0 Å². The Balaban J connectivity index is 1.96. The van der Waals surface area contributed by atoms with Crippen molar-refractivity contribution in [1.82, 2.24) is 5.32 Å². The number of aliphatic hydroxyl groups excluding tert-OH is 1. The van der Waals surface area contributed by atoms with Crippen molar-refractivity contribution in [2.75, 3.05) is 13.2 Å². The quantitative estimate of drug-likeness (QED) is 0.877. The molecule has 0 saturated carbocycles. The topological polar surface area (TPSA) is 58.6 Å². The summed E-state index contributed by atoms with van der Waals surface area (Å²) in [4.78, 5) is 12.0. The van der Waals surface area contributed by atoms with E-state index in [0.29, 0.717) is 30.0 Å². The van der Waals surface area contributed by atoms with E-state index in [1.165, 1.54) is 0 Å². The predicted molar refractivity (Wildman–Crippen MR) is 82.5 cm³/mol. The van der Waals surface area contributed by atoms with Crippen molar-refractivity contribution in [2.45, 2.75) is 6.10 Å². The molecule has 4 nitrogen and oxygen atoms in total. The maximum Gasteiger partial charge on any atom is 0.255 e. The van der Waals surface area contributed by atoms with Crippen molar-refractivity contribution in [3.8, 4) is 5.75 Å². The maximum atomic E-state index is 12.0. The molecule has 2 aromatic rings. The number of carbonyl (C=O) groups is 1. The van der Waals surface area contributed by atoms with Crippen molar-refractivity contribution < 1.29 is 14.6 Å². The van der Waals surface area contributed by atoms with E-state index in [-0.39, 0.29) is 5.91 Å². The monoisotopic (exact) mass is 347 g/mol. The van der Waals surface area contributed by atoms with Gasteiger partial charge in [-0.3, -0.25) is 4.79 Å². The molecule has 1 amide bonds. The first kappa shape index (κ1) is 14.1. The van der Waals surface area contributed by atoms with E-state index in [4.69, 9.17) is 4.74 Å². The number of fused-ring (bicyclic) bond motifs is 1. The van der Waals surface area contributed by atoms with Crippen LogP contribution in [0.3, 0.4) is 0 Å². The third-order valence-corrected chi connectivity index (χ3v) is 3.92. The minimum Gasteiger partial charge on any atom is -0.491 e. The lowest BCUT2D eigenvalue weighted by Gasteiger charge is -2.14. The average Bonchev–Trinajstić information content (AvgIpc) is 2.69. The highest BCUT2D eigenvalue weighted by molar-refractivity contribution is 9.10. The van der Waals surface area contributed by atoms with Crippen molar-refractivity contribution >= 4 is 21.8 Å². The molecule has 1 aliphatic rings. The van der Waals surface area contributed by atoms with Gasteiger partial charge in [-0.2, -0.15) is 0 Å². The Hall–Kier alpha value is -1.85. The molecule has 1 unspecified atom stereocenters. The van der Waals surface area contributed by atoms with Crippen molar-refractivity contribution in [1.29, 1.82) is 0 Å². The molecule has 0 radical (unpaired) electrons. The third-order valence-electron chi connectivity index (χ3n) is 3.39. The van der Waals surface area contributed by atoms with Crippen LogP contribution in [0.1, 0.15) is 27.6 Å². The van der Waals surface area contributed by atoms with Gasteiger partial charge in [0.2, 0.25) is 0 Å². The Morgan fingerprint density at radius 1 is 1.14 bits per heavy atom. The lowest BCUT2D eigenvalue weighted by Crippen LogP contribution is -2.24. The Morgan fingerprint density at radius 3 is 2.62 bits per heavy atom. The summed E-state index contributed by atoms with van der Waals surface area (Å²) >= 11 is 3.37. The minimum atomic E-state index is -0.778. The van der Waals surface area contributed by atoms with Gasteiger partial charge in [0.05, 0.1) is 12.1 Å². The Bertz CT molecular complexity index is 670. The molecule has 21 heavy (non-hydrogen) atoms. The molecule has 108 valence electrons. The van der Waals surface area contributed by atoms with Crippen LogP contribution in [0.2, 0.25) is 0 Å². The Labute approximate surface area is 130 Å². The molecule has 2 N–H and O–H groups in total. The van der Waals surface area contributed by atoms with E-state index in [2.05, 4.69) is 21.2 Å². The fraction of sp³-hybridized carbons (Fsp3) is 0.188. The Morgan fingerprint density at radius 2 is 1.86 bits per heavy atom. The van der Waals surface area contributed by atoms with Crippen LogP contribution in [0.25, 0.3) is 0 Å². The zero-order valence-corrected chi connectivity index (χ0v) is 12.8. The summed E-state index contributed by atoms with van der Waals surface area (Å²) in [5.41, 5.74) is 1.89. The third kappa shape index (κ3) is 2.94. The van der Waals surface area contributed by atoms with Gasteiger partial charge in [0.15, 0.2) is 0 Å². The highest BCUT2D eigenvalue weighted by atomic mass is 79.9. The molecule has 0 aliphatic carbocycles. The van der Waals surface area contributed by atoms with Crippen LogP contribution in [0.15, 0.2) is 46.9 Å². The van der Waals surface area contributed by atoms with Crippen molar-refractivity contribution in [3.05, 3.63) is 63.6 Å². The number of nitrogens with one attached hydrogen (secondary N) is 1. The van der Waals surface area contributed by atoms with Gasteiger partial charge in [-0.05, 0) is 35.4 Å². The van der Waals surface area contributed by atoms with Crippen LogP contribution in [0.5, 0.6) is 5.75 Å². The van der Waals surface area contributed by atoms with Crippen LogP contribution in [0, 0.1) is 0 Å². The zero-order valence-electron chi connectivity index (χ0n) is 11.2. The van der Waals surface area contributed by atoms with Gasteiger partial charge in [0.25, 0.3) is 5.91 Å². The highest BCUT2D eigenvalue weighted by Gasteiger charge is 2.19. The lowest BCUT2D eigenvalue weighted by molar-refractivity contribution is 0.0957. The van der Waals surface area contributed by atoms with Gasteiger partial charge in [0.1, 0.15) is 18.5 Å². The molecule has 0 aromatic heterocycles. The van der Waals surface area contributed by atoms with E-state index in [0.717, 1.165) is 10.0 Å². The second-order valence-corrected chi connectivity index (χ2v) is 5.73. The van der Waals surface area contributed by atoms with Crippen LogP contribution in [-0.2, 0) is 0 Å². The van der Waals surface area contributed by atoms with Gasteiger partial charge in [0, 0.05) is 4.47 Å². The molecular weight excluding hydrogens is 334 g/mol. The molecule has 0 fully saturated rings. The number of rotatable bonds is 2. The number of halogens is 1. The second-order valence-electron chi connectivity index (χ2n) is 4.81. The van der Waals surface area contributed by atoms with E-state index in [1.807, 2.05) is 24.3 Å². The summed E-state index contributed by atoms with van der Waals surface area (Å²) in [6.07, 6.45) is -0.778. The first-order valence-electron chi connectivity index (χ1n) is 6.63.